The number of anilines is 1. The van der Waals surface area contributed by atoms with Gasteiger partial charge in [0.2, 0.25) is 0 Å². The Bertz CT molecular complexity index is 669. The van der Waals surface area contributed by atoms with Gasteiger partial charge in [0.05, 0.1) is 12.2 Å². The zero-order valence-electron chi connectivity index (χ0n) is 14.0. The summed E-state index contributed by atoms with van der Waals surface area (Å²) in [6, 6.07) is 16.3. The Morgan fingerprint density at radius 1 is 1.00 bits per heavy atom. The first-order valence-corrected chi connectivity index (χ1v) is 8.01. The Hall–Kier alpha value is -2.82. The molecule has 0 bridgehead atoms. The van der Waals surface area contributed by atoms with Crippen molar-refractivity contribution in [2.24, 2.45) is 0 Å². The first-order valence-electron chi connectivity index (χ1n) is 8.01. The number of nitrogens with one attached hydrogen (secondary N) is 1. The van der Waals surface area contributed by atoms with E-state index in [4.69, 9.17) is 4.74 Å². The molecule has 2 aromatic carbocycles. The van der Waals surface area contributed by atoms with E-state index in [1.54, 1.807) is 36.1 Å². The maximum atomic E-state index is 12.4. The van der Waals surface area contributed by atoms with Crippen molar-refractivity contribution in [1.82, 2.24) is 4.90 Å². The number of carbonyl (C=O) groups excluding carboxylic acids is 2. The summed E-state index contributed by atoms with van der Waals surface area (Å²) < 4.78 is 4.94. The third kappa shape index (κ3) is 4.84. The number of nitrogens with zero attached hydrogens (tertiary/aromatic N) is 1. The Morgan fingerprint density at radius 3 is 2.25 bits per heavy atom. The molecule has 24 heavy (non-hydrogen) atoms. The number of urea groups is 1. The molecular weight excluding hydrogens is 304 g/mol. The molecule has 0 fully saturated rings. The van der Waals surface area contributed by atoms with Crippen LogP contribution >= 0.6 is 0 Å². The zero-order valence-corrected chi connectivity index (χ0v) is 14.0. The highest BCUT2D eigenvalue weighted by Gasteiger charge is 2.13. The summed E-state index contributed by atoms with van der Waals surface area (Å²) in [6.07, 6.45) is 0. The Morgan fingerprint density at radius 2 is 1.67 bits per heavy atom. The molecule has 0 radical (unpaired) electrons. The van der Waals surface area contributed by atoms with Crippen LogP contribution in [0.4, 0.5) is 10.5 Å². The fourth-order valence-electron chi connectivity index (χ4n) is 2.24. The van der Waals surface area contributed by atoms with Crippen molar-refractivity contribution < 1.29 is 14.3 Å². The number of benzene rings is 2. The van der Waals surface area contributed by atoms with E-state index in [0.29, 0.717) is 30.9 Å². The third-order valence-electron chi connectivity index (χ3n) is 3.53. The number of ether oxygens (including phenoxy) is 1. The molecule has 1 N–H and O–H groups in total. The largest absolute Gasteiger partial charge is 0.462 e. The van der Waals surface area contributed by atoms with E-state index in [2.05, 4.69) is 5.32 Å². The molecule has 0 saturated carbocycles. The Labute approximate surface area is 142 Å². The van der Waals surface area contributed by atoms with Gasteiger partial charge in [0.15, 0.2) is 0 Å². The first-order chi connectivity index (χ1) is 11.6. The molecule has 0 heterocycles. The summed E-state index contributed by atoms with van der Waals surface area (Å²) >= 11 is 0. The Kier molecular flexibility index (Phi) is 6.37. The van der Waals surface area contributed by atoms with Crippen LogP contribution in [0, 0.1) is 0 Å². The molecule has 0 unspecified atom stereocenters. The summed E-state index contributed by atoms with van der Waals surface area (Å²) in [6.45, 7) is 5.18. The topological polar surface area (TPSA) is 58.6 Å². The van der Waals surface area contributed by atoms with Crippen LogP contribution in [0.5, 0.6) is 0 Å². The minimum absolute atomic E-state index is 0.176. The van der Waals surface area contributed by atoms with E-state index >= 15 is 0 Å². The summed E-state index contributed by atoms with van der Waals surface area (Å²) in [7, 11) is 0. The predicted molar refractivity (Wildman–Crippen MR) is 93.9 cm³/mol. The maximum Gasteiger partial charge on any atom is 0.338 e. The smallest absolute Gasteiger partial charge is 0.338 e. The van der Waals surface area contributed by atoms with Crippen LogP contribution in [-0.2, 0) is 11.3 Å². The molecule has 0 atom stereocenters. The standard InChI is InChI=1S/C19H22N2O3/c1-3-21(14-15-8-6-5-7-9-15)19(23)20-17-12-10-16(11-13-17)18(22)24-4-2/h5-13H,3-4,14H2,1-2H3,(H,20,23). The number of esters is 1. The van der Waals surface area contributed by atoms with Crippen molar-refractivity contribution in [2.45, 2.75) is 20.4 Å². The van der Waals surface area contributed by atoms with Gasteiger partial charge in [-0.1, -0.05) is 30.3 Å². The van der Waals surface area contributed by atoms with Crippen LogP contribution < -0.4 is 5.32 Å². The summed E-state index contributed by atoms with van der Waals surface area (Å²) in [5.74, 6) is -0.366. The van der Waals surface area contributed by atoms with Crippen LogP contribution in [-0.4, -0.2) is 30.1 Å². The molecular formula is C19H22N2O3. The van der Waals surface area contributed by atoms with Crippen LogP contribution in [0.15, 0.2) is 54.6 Å². The van der Waals surface area contributed by atoms with Gasteiger partial charge in [-0.15, -0.1) is 0 Å². The second-order valence-electron chi connectivity index (χ2n) is 5.23. The summed E-state index contributed by atoms with van der Waals surface area (Å²) in [4.78, 5) is 25.7. The monoisotopic (exact) mass is 326 g/mol. The quantitative estimate of drug-likeness (QED) is 0.819. The Balaban J connectivity index is 1.98. The summed E-state index contributed by atoms with van der Waals surface area (Å²) in [5.41, 5.74) is 2.18. The van der Waals surface area contributed by atoms with Crippen molar-refractivity contribution in [3.63, 3.8) is 0 Å². The van der Waals surface area contributed by atoms with Crippen molar-refractivity contribution >= 4 is 17.7 Å². The average molecular weight is 326 g/mol. The van der Waals surface area contributed by atoms with Crippen molar-refractivity contribution in [2.75, 3.05) is 18.5 Å². The highest BCUT2D eigenvalue weighted by molar-refractivity contribution is 5.92. The van der Waals surface area contributed by atoms with Gasteiger partial charge in [-0.25, -0.2) is 9.59 Å². The molecule has 2 amide bonds. The van der Waals surface area contributed by atoms with Crippen LogP contribution in [0.25, 0.3) is 0 Å². The van der Waals surface area contributed by atoms with Gasteiger partial charge in [0.1, 0.15) is 0 Å². The second kappa shape index (κ2) is 8.72. The molecule has 5 heteroatoms. The average Bonchev–Trinajstić information content (AvgIpc) is 2.61. The van der Waals surface area contributed by atoms with E-state index in [-0.39, 0.29) is 12.0 Å². The maximum absolute atomic E-state index is 12.4. The van der Waals surface area contributed by atoms with Crippen LogP contribution in [0.1, 0.15) is 29.8 Å². The molecule has 2 rings (SSSR count). The van der Waals surface area contributed by atoms with Gasteiger partial charge < -0.3 is 15.0 Å². The number of hydrogen-bond donors (Lipinski definition) is 1. The third-order valence-corrected chi connectivity index (χ3v) is 3.53. The molecule has 5 nitrogen and oxygen atoms in total. The lowest BCUT2D eigenvalue weighted by Crippen LogP contribution is -2.34. The van der Waals surface area contributed by atoms with Crippen molar-refractivity contribution in [3.05, 3.63) is 65.7 Å². The number of hydrogen-bond acceptors (Lipinski definition) is 3. The fourth-order valence-corrected chi connectivity index (χ4v) is 2.24. The molecule has 0 aliphatic rings. The first kappa shape index (κ1) is 17.5. The highest BCUT2D eigenvalue weighted by Crippen LogP contribution is 2.12. The van der Waals surface area contributed by atoms with E-state index in [1.807, 2.05) is 37.3 Å². The van der Waals surface area contributed by atoms with E-state index in [9.17, 15) is 9.59 Å². The molecule has 0 aromatic heterocycles. The lowest BCUT2D eigenvalue weighted by molar-refractivity contribution is 0.0526. The normalized spacial score (nSPS) is 10.1. The van der Waals surface area contributed by atoms with Gasteiger partial charge in [-0.3, -0.25) is 0 Å². The predicted octanol–water partition coefficient (Wildman–Crippen LogP) is 3.92. The minimum atomic E-state index is -0.366. The number of carbonyl (C=O) groups is 2. The lowest BCUT2D eigenvalue weighted by atomic mass is 10.2. The summed E-state index contributed by atoms with van der Waals surface area (Å²) in [5, 5.41) is 2.85. The second-order valence-corrected chi connectivity index (χ2v) is 5.23. The van der Waals surface area contributed by atoms with E-state index in [0.717, 1.165) is 5.56 Å². The fraction of sp³-hybridized carbons (Fsp3) is 0.263. The highest BCUT2D eigenvalue weighted by atomic mass is 16.5. The van der Waals surface area contributed by atoms with E-state index in [1.165, 1.54) is 0 Å². The van der Waals surface area contributed by atoms with Gasteiger partial charge in [-0.05, 0) is 43.7 Å². The van der Waals surface area contributed by atoms with Crippen molar-refractivity contribution in [1.29, 1.82) is 0 Å². The SMILES string of the molecule is CCOC(=O)c1ccc(NC(=O)N(CC)Cc2ccccc2)cc1. The molecule has 0 aliphatic heterocycles. The minimum Gasteiger partial charge on any atom is -0.462 e. The van der Waals surface area contributed by atoms with Gasteiger partial charge in [0, 0.05) is 18.8 Å². The number of rotatable bonds is 6. The number of amides is 2. The molecule has 0 saturated heterocycles. The molecule has 0 spiro atoms. The lowest BCUT2D eigenvalue weighted by Gasteiger charge is -2.21. The van der Waals surface area contributed by atoms with Gasteiger partial charge >= 0.3 is 12.0 Å². The van der Waals surface area contributed by atoms with Crippen LogP contribution in [0.2, 0.25) is 0 Å². The van der Waals surface area contributed by atoms with Crippen molar-refractivity contribution in [3.8, 4) is 0 Å². The van der Waals surface area contributed by atoms with Crippen LogP contribution in [0.3, 0.4) is 0 Å². The molecule has 126 valence electrons. The van der Waals surface area contributed by atoms with E-state index < -0.39 is 0 Å². The van der Waals surface area contributed by atoms with Gasteiger partial charge in [0.25, 0.3) is 0 Å². The molecule has 2 aromatic rings. The van der Waals surface area contributed by atoms with Gasteiger partial charge in [-0.2, -0.15) is 0 Å². The molecule has 0 aliphatic carbocycles. The zero-order chi connectivity index (χ0) is 17.4.